The molecule has 3 aromatic rings. The Balaban J connectivity index is 2.07. The first-order valence-electron chi connectivity index (χ1n) is 9.15. The van der Waals surface area contributed by atoms with E-state index in [0.717, 1.165) is 11.0 Å². The lowest BCUT2D eigenvalue weighted by molar-refractivity contribution is -0.884. The number of hydrogen-bond acceptors (Lipinski definition) is 1. The van der Waals surface area contributed by atoms with Gasteiger partial charge in [-0.25, -0.2) is 0 Å². The molecule has 0 radical (unpaired) electrons. The fourth-order valence-electron chi connectivity index (χ4n) is 3.18. The summed E-state index contributed by atoms with van der Waals surface area (Å²) in [7, 11) is 6.68. The van der Waals surface area contributed by atoms with Crippen molar-refractivity contribution >= 4 is 17.1 Å². The van der Waals surface area contributed by atoms with Crippen LogP contribution in [0.15, 0.2) is 72.8 Å². The van der Waals surface area contributed by atoms with E-state index in [0.29, 0.717) is 0 Å². The Morgan fingerprint density at radius 2 is 1.15 bits per heavy atom. The minimum Gasteiger partial charge on any atom is -0.327 e. The molecule has 0 aliphatic heterocycles. The SMILES string of the molecule is Cc1ccc(N(c2ccc(C)cc2)c2cccc(C[N+](C)(C)C)c2)cc1. The Labute approximate surface area is 157 Å². The fraction of sp³-hybridized carbons (Fsp3) is 0.250. The highest BCUT2D eigenvalue weighted by atomic mass is 15.3. The predicted molar refractivity (Wildman–Crippen MR) is 112 cm³/mol. The Morgan fingerprint density at radius 3 is 1.62 bits per heavy atom. The molecule has 0 heterocycles. The molecule has 0 aliphatic rings. The summed E-state index contributed by atoms with van der Waals surface area (Å²) in [4.78, 5) is 2.33. The highest BCUT2D eigenvalue weighted by Crippen LogP contribution is 2.35. The van der Waals surface area contributed by atoms with E-state index in [9.17, 15) is 0 Å². The lowest BCUT2D eigenvalue weighted by Gasteiger charge is -2.28. The second-order valence-corrected chi connectivity index (χ2v) is 8.12. The van der Waals surface area contributed by atoms with Crippen molar-refractivity contribution < 1.29 is 4.48 Å². The van der Waals surface area contributed by atoms with Crippen LogP contribution in [0.2, 0.25) is 0 Å². The van der Waals surface area contributed by atoms with Gasteiger partial charge in [-0.05, 0) is 50.2 Å². The van der Waals surface area contributed by atoms with Gasteiger partial charge in [-0.3, -0.25) is 0 Å². The van der Waals surface area contributed by atoms with Crippen molar-refractivity contribution in [3.63, 3.8) is 0 Å². The number of rotatable bonds is 5. The van der Waals surface area contributed by atoms with E-state index in [-0.39, 0.29) is 0 Å². The lowest BCUT2D eigenvalue weighted by atomic mass is 10.1. The van der Waals surface area contributed by atoms with Crippen molar-refractivity contribution in [2.75, 3.05) is 26.0 Å². The molecule has 0 bridgehead atoms. The molecule has 0 saturated carbocycles. The van der Waals surface area contributed by atoms with Crippen LogP contribution in [0.1, 0.15) is 16.7 Å². The average Bonchev–Trinajstić information content (AvgIpc) is 2.57. The molecule has 0 spiro atoms. The Bertz CT molecular complexity index is 810. The lowest BCUT2D eigenvalue weighted by Crippen LogP contribution is -2.33. The molecule has 26 heavy (non-hydrogen) atoms. The first-order valence-corrected chi connectivity index (χ1v) is 9.15. The van der Waals surface area contributed by atoms with Gasteiger partial charge in [0, 0.05) is 22.6 Å². The quantitative estimate of drug-likeness (QED) is 0.514. The Kier molecular flexibility index (Phi) is 5.15. The van der Waals surface area contributed by atoms with E-state index >= 15 is 0 Å². The minimum atomic E-state index is 0.915. The predicted octanol–water partition coefficient (Wildman–Crippen LogP) is 5.98. The normalized spacial score (nSPS) is 11.4. The molecular weight excluding hydrogens is 316 g/mol. The van der Waals surface area contributed by atoms with Crippen molar-refractivity contribution in [2.45, 2.75) is 20.4 Å². The fourth-order valence-corrected chi connectivity index (χ4v) is 3.18. The van der Waals surface area contributed by atoms with Gasteiger partial charge in [0.05, 0.1) is 21.1 Å². The maximum Gasteiger partial charge on any atom is 0.104 e. The van der Waals surface area contributed by atoms with Crippen LogP contribution in [0.4, 0.5) is 17.1 Å². The smallest absolute Gasteiger partial charge is 0.104 e. The van der Waals surface area contributed by atoms with Crippen LogP contribution < -0.4 is 4.90 Å². The third kappa shape index (κ3) is 4.53. The van der Waals surface area contributed by atoms with Gasteiger partial charge in [0.25, 0.3) is 0 Å². The van der Waals surface area contributed by atoms with Gasteiger partial charge < -0.3 is 9.38 Å². The summed E-state index contributed by atoms with van der Waals surface area (Å²) in [6, 6.07) is 26.4. The minimum absolute atomic E-state index is 0.915. The molecule has 0 N–H and O–H groups in total. The zero-order valence-corrected chi connectivity index (χ0v) is 16.5. The number of nitrogens with zero attached hydrogens (tertiary/aromatic N) is 2. The van der Waals surface area contributed by atoms with Crippen LogP contribution in [-0.4, -0.2) is 25.6 Å². The first-order chi connectivity index (χ1) is 12.3. The number of quaternary nitrogens is 1. The summed E-state index contributed by atoms with van der Waals surface area (Å²) >= 11 is 0. The molecule has 0 aliphatic carbocycles. The van der Waals surface area contributed by atoms with Gasteiger partial charge in [0.1, 0.15) is 6.54 Å². The standard InChI is InChI=1S/C24H29N2/c1-19-9-13-22(14-10-19)25(23-15-11-20(2)12-16-23)24-8-6-7-21(17-24)18-26(3,4)5/h6-17H,18H2,1-5H3/q+1. The summed E-state index contributed by atoms with van der Waals surface area (Å²) in [6.07, 6.45) is 0. The van der Waals surface area contributed by atoms with Gasteiger partial charge in [0.15, 0.2) is 0 Å². The molecule has 0 saturated heterocycles. The summed E-state index contributed by atoms with van der Waals surface area (Å²) in [6.45, 7) is 5.26. The zero-order chi connectivity index (χ0) is 18.7. The number of hydrogen-bond donors (Lipinski definition) is 0. The summed E-state index contributed by atoms with van der Waals surface area (Å²) in [5, 5.41) is 0. The molecule has 0 fully saturated rings. The molecule has 0 aromatic heterocycles. The largest absolute Gasteiger partial charge is 0.327 e. The maximum atomic E-state index is 2.33. The summed E-state index contributed by atoms with van der Waals surface area (Å²) in [5.74, 6) is 0. The van der Waals surface area contributed by atoms with Crippen molar-refractivity contribution in [3.05, 3.63) is 89.5 Å². The number of aryl methyl sites for hydroxylation is 2. The Hall–Kier alpha value is -2.58. The van der Waals surface area contributed by atoms with E-state index in [1.165, 1.54) is 33.8 Å². The first kappa shape index (κ1) is 18.2. The third-order valence-electron chi connectivity index (χ3n) is 4.41. The molecule has 2 heteroatoms. The molecule has 3 rings (SSSR count). The second-order valence-electron chi connectivity index (χ2n) is 8.12. The van der Waals surface area contributed by atoms with E-state index in [2.05, 4.69) is 113 Å². The van der Waals surface area contributed by atoms with Gasteiger partial charge >= 0.3 is 0 Å². The molecule has 2 nitrogen and oxygen atoms in total. The highest BCUT2D eigenvalue weighted by Gasteiger charge is 2.15. The molecule has 3 aromatic carbocycles. The van der Waals surface area contributed by atoms with E-state index in [1.54, 1.807) is 0 Å². The second kappa shape index (κ2) is 7.35. The number of anilines is 3. The maximum absolute atomic E-state index is 2.33. The van der Waals surface area contributed by atoms with Crippen molar-refractivity contribution in [1.82, 2.24) is 0 Å². The van der Waals surface area contributed by atoms with Crippen LogP contribution in [0.5, 0.6) is 0 Å². The zero-order valence-electron chi connectivity index (χ0n) is 16.5. The van der Waals surface area contributed by atoms with Crippen LogP contribution in [0.25, 0.3) is 0 Å². The van der Waals surface area contributed by atoms with Gasteiger partial charge in [-0.15, -0.1) is 0 Å². The molecular formula is C24H29N2+. The van der Waals surface area contributed by atoms with E-state index in [1.807, 2.05) is 0 Å². The van der Waals surface area contributed by atoms with Crippen LogP contribution >= 0.6 is 0 Å². The number of benzene rings is 3. The van der Waals surface area contributed by atoms with Crippen molar-refractivity contribution in [3.8, 4) is 0 Å². The monoisotopic (exact) mass is 345 g/mol. The summed E-state index contributed by atoms with van der Waals surface area (Å²) in [5.41, 5.74) is 7.46. The highest BCUT2D eigenvalue weighted by molar-refractivity contribution is 5.76. The molecule has 0 unspecified atom stereocenters. The van der Waals surface area contributed by atoms with Gasteiger partial charge in [-0.2, -0.15) is 0 Å². The Morgan fingerprint density at radius 1 is 0.654 bits per heavy atom. The molecule has 134 valence electrons. The average molecular weight is 346 g/mol. The van der Waals surface area contributed by atoms with Crippen LogP contribution in [0, 0.1) is 13.8 Å². The van der Waals surface area contributed by atoms with E-state index in [4.69, 9.17) is 0 Å². The topological polar surface area (TPSA) is 3.24 Å². The van der Waals surface area contributed by atoms with Crippen LogP contribution in [-0.2, 0) is 6.54 Å². The van der Waals surface area contributed by atoms with Crippen LogP contribution in [0.3, 0.4) is 0 Å². The third-order valence-corrected chi connectivity index (χ3v) is 4.41. The van der Waals surface area contributed by atoms with Crippen molar-refractivity contribution in [2.24, 2.45) is 0 Å². The van der Waals surface area contributed by atoms with Gasteiger partial charge in [0.2, 0.25) is 0 Å². The van der Waals surface area contributed by atoms with E-state index < -0.39 is 0 Å². The van der Waals surface area contributed by atoms with Crippen molar-refractivity contribution in [1.29, 1.82) is 0 Å². The summed E-state index contributed by atoms with van der Waals surface area (Å²) < 4.78 is 0.915. The molecule has 0 atom stereocenters. The van der Waals surface area contributed by atoms with Gasteiger partial charge in [-0.1, -0.05) is 47.5 Å². The molecule has 0 amide bonds.